The molecule has 0 aliphatic rings. The smallest absolute Gasteiger partial charge is 0.195 e. The lowest BCUT2D eigenvalue weighted by molar-refractivity contribution is 0.317. The van der Waals surface area contributed by atoms with Crippen molar-refractivity contribution in [3.63, 3.8) is 0 Å². The molecular formula is C13H18N4OS. The van der Waals surface area contributed by atoms with Gasteiger partial charge >= 0.3 is 0 Å². The van der Waals surface area contributed by atoms with Crippen molar-refractivity contribution in [2.24, 2.45) is 7.05 Å². The quantitative estimate of drug-likeness (QED) is 0.852. The molecule has 0 fully saturated rings. The summed E-state index contributed by atoms with van der Waals surface area (Å²) in [7, 11) is 1.94. The first-order chi connectivity index (χ1) is 9.10. The maximum absolute atomic E-state index is 5.89. The van der Waals surface area contributed by atoms with Gasteiger partial charge in [-0.2, -0.15) is 0 Å². The van der Waals surface area contributed by atoms with Crippen molar-refractivity contribution in [1.29, 1.82) is 0 Å². The zero-order valence-corrected chi connectivity index (χ0v) is 12.2. The zero-order chi connectivity index (χ0) is 13.8. The van der Waals surface area contributed by atoms with Crippen LogP contribution in [0.2, 0.25) is 0 Å². The van der Waals surface area contributed by atoms with Gasteiger partial charge in [-0.15, -0.1) is 10.2 Å². The molecule has 0 bridgehead atoms. The standard InChI is InChI=1S/C13H18N4OS/c1-4-5-18-11-6-10(14)7-12(8-11)19-13-16-15-9(2)17(13)3/h6-8H,4-5,14H2,1-3H3. The zero-order valence-electron chi connectivity index (χ0n) is 11.4. The van der Waals surface area contributed by atoms with Crippen LogP contribution in [0.1, 0.15) is 19.2 Å². The third-order valence-electron chi connectivity index (χ3n) is 2.64. The molecule has 0 aliphatic carbocycles. The molecule has 2 N–H and O–H groups in total. The molecule has 0 spiro atoms. The molecule has 5 nitrogen and oxygen atoms in total. The number of nitrogens with zero attached hydrogens (tertiary/aromatic N) is 3. The Morgan fingerprint density at radius 3 is 2.74 bits per heavy atom. The molecule has 6 heteroatoms. The molecule has 0 unspecified atom stereocenters. The molecule has 0 saturated carbocycles. The van der Waals surface area contributed by atoms with Crippen LogP contribution in [0.4, 0.5) is 5.69 Å². The van der Waals surface area contributed by atoms with Gasteiger partial charge in [0.05, 0.1) is 6.61 Å². The molecule has 1 aromatic carbocycles. The Morgan fingerprint density at radius 1 is 1.32 bits per heavy atom. The number of benzene rings is 1. The molecule has 0 radical (unpaired) electrons. The predicted molar refractivity (Wildman–Crippen MR) is 76.5 cm³/mol. The minimum absolute atomic E-state index is 0.690. The van der Waals surface area contributed by atoms with Crippen molar-refractivity contribution >= 4 is 17.4 Å². The largest absolute Gasteiger partial charge is 0.493 e. The summed E-state index contributed by atoms with van der Waals surface area (Å²) in [6.45, 7) is 4.69. The monoisotopic (exact) mass is 278 g/mol. The van der Waals surface area contributed by atoms with Crippen LogP contribution in [0.25, 0.3) is 0 Å². The highest BCUT2D eigenvalue weighted by Gasteiger charge is 2.08. The van der Waals surface area contributed by atoms with E-state index in [1.165, 1.54) is 11.8 Å². The Hall–Kier alpha value is -1.69. The van der Waals surface area contributed by atoms with Crippen LogP contribution in [-0.2, 0) is 7.05 Å². The summed E-state index contributed by atoms with van der Waals surface area (Å²) in [5.41, 5.74) is 6.58. The summed E-state index contributed by atoms with van der Waals surface area (Å²) in [6.07, 6.45) is 0.972. The molecule has 1 heterocycles. The molecule has 19 heavy (non-hydrogen) atoms. The van der Waals surface area contributed by atoms with Crippen LogP contribution in [0.3, 0.4) is 0 Å². The maximum atomic E-state index is 5.89. The number of aryl methyl sites for hydroxylation is 1. The fourth-order valence-corrected chi connectivity index (χ4v) is 2.47. The lowest BCUT2D eigenvalue weighted by Crippen LogP contribution is -1.97. The van der Waals surface area contributed by atoms with Crippen LogP contribution in [-0.4, -0.2) is 21.4 Å². The topological polar surface area (TPSA) is 66.0 Å². The van der Waals surface area contributed by atoms with Gasteiger partial charge in [-0.1, -0.05) is 6.92 Å². The summed E-state index contributed by atoms with van der Waals surface area (Å²) in [4.78, 5) is 1.00. The fourth-order valence-electron chi connectivity index (χ4n) is 1.54. The summed E-state index contributed by atoms with van der Waals surface area (Å²) in [5, 5.41) is 9.00. The molecule has 2 aromatic rings. The van der Waals surface area contributed by atoms with Crippen LogP contribution < -0.4 is 10.5 Å². The van der Waals surface area contributed by atoms with E-state index in [2.05, 4.69) is 17.1 Å². The molecule has 2 rings (SSSR count). The first kappa shape index (κ1) is 13.7. The maximum Gasteiger partial charge on any atom is 0.195 e. The molecule has 1 aromatic heterocycles. The van der Waals surface area contributed by atoms with E-state index in [0.717, 1.165) is 28.0 Å². The minimum Gasteiger partial charge on any atom is -0.493 e. The number of hydrogen-bond donors (Lipinski definition) is 1. The Balaban J connectivity index is 2.20. The summed E-state index contributed by atoms with van der Waals surface area (Å²) >= 11 is 1.53. The van der Waals surface area contributed by atoms with Gasteiger partial charge in [0.1, 0.15) is 11.6 Å². The van der Waals surface area contributed by atoms with Crippen molar-refractivity contribution in [3.05, 3.63) is 24.0 Å². The van der Waals surface area contributed by atoms with Gasteiger partial charge in [0.15, 0.2) is 5.16 Å². The van der Waals surface area contributed by atoms with Gasteiger partial charge in [0.2, 0.25) is 0 Å². The summed E-state index contributed by atoms with van der Waals surface area (Å²) in [5.74, 6) is 1.68. The van der Waals surface area contributed by atoms with E-state index < -0.39 is 0 Å². The molecule has 0 saturated heterocycles. The Kier molecular flexibility index (Phi) is 4.31. The van der Waals surface area contributed by atoms with E-state index in [1.54, 1.807) is 0 Å². The third kappa shape index (κ3) is 3.41. The minimum atomic E-state index is 0.690. The number of rotatable bonds is 5. The first-order valence-electron chi connectivity index (χ1n) is 6.17. The van der Waals surface area contributed by atoms with Gasteiger partial charge in [-0.05, 0) is 37.2 Å². The number of aromatic nitrogens is 3. The Morgan fingerprint density at radius 2 is 2.11 bits per heavy atom. The van der Waals surface area contributed by atoms with Crippen LogP contribution in [0.5, 0.6) is 5.75 Å². The van der Waals surface area contributed by atoms with E-state index >= 15 is 0 Å². The van der Waals surface area contributed by atoms with Crippen molar-refractivity contribution in [2.75, 3.05) is 12.3 Å². The van der Waals surface area contributed by atoms with Gasteiger partial charge in [-0.25, -0.2) is 0 Å². The number of nitrogen functional groups attached to an aromatic ring is 1. The second-order valence-corrected chi connectivity index (χ2v) is 5.32. The second kappa shape index (κ2) is 5.97. The van der Waals surface area contributed by atoms with Gasteiger partial charge < -0.3 is 15.0 Å². The third-order valence-corrected chi connectivity index (χ3v) is 3.65. The van der Waals surface area contributed by atoms with Gasteiger partial charge in [-0.3, -0.25) is 0 Å². The summed E-state index contributed by atoms with van der Waals surface area (Å²) < 4.78 is 7.56. The van der Waals surface area contributed by atoms with E-state index in [4.69, 9.17) is 10.5 Å². The Labute approximate surface area is 117 Å². The van der Waals surface area contributed by atoms with E-state index in [0.29, 0.717) is 12.3 Å². The number of nitrogens with two attached hydrogens (primary N) is 1. The average molecular weight is 278 g/mol. The van der Waals surface area contributed by atoms with E-state index in [9.17, 15) is 0 Å². The Bertz CT molecular complexity index is 568. The van der Waals surface area contributed by atoms with E-state index in [-0.39, 0.29) is 0 Å². The molecule has 0 atom stereocenters. The highest BCUT2D eigenvalue weighted by atomic mass is 32.2. The van der Waals surface area contributed by atoms with Crippen LogP contribution in [0, 0.1) is 6.92 Å². The number of ether oxygens (including phenoxy) is 1. The first-order valence-corrected chi connectivity index (χ1v) is 6.99. The van der Waals surface area contributed by atoms with Crippen molar-refractivity contribution in [3.8, 4) is 5.75 Å². The van der Waals surface area contributed by atoms with Crippen molar-refractivity contribution in [2.45, 2.75) is 30.3 Å². The highest BCUT2D eigenvalue weighted by molar-refractivity contribution is 7.99. The van der Waals surface area contributed by atoms with Crippen molar-refractivity contribution < 1.29 is 4.74 Å². The van der Waals surface area contributed by atoms with Crippen molar-refractivity contribution in [1.82, 2.24) is 14.8 Å². The lowest BCUT2D eigenvalue weighted by atomic mass is 10.3. The number of hydrogen-bond acceptors (Lipinski definition) is 5. The predicted octanol–water partition coefficient (Wildman–Crippen LogP) is 2.65. The van der Waals surface area contributed by atoms with Crippen LogP contribution >= 0.6 is 11.8 Å². The molecule has 0 amide bonds. The number of anilines is 1. The SMILES string of the molecule is CCCOc1cc(N)cc(Sc2nnc(C)n2C)c1. The van der Waals surface area contributed by atoms with Gasteiger partial charge in [0, 0.05) is 23.7 Å². The molecular weight excluding hydrogens is 260 g/mol. The fraction of sp³-hybridized carbons (Fsp3) is 0.385. The second-order valence-electron chi connectivity index (χ2n) is 4.28. The van der Waals surface area contributed by atoms with E-state index in [1.807, 2.05) is 36.7 Å². The average Bonchev–Trinajstić information content (AvgIpc) is 2.68. The highest BCUT2D eigenvalue weighted by Crippen LogP contribution is 2.31. The van der Waals surface area contributed by atoms with Crippen LogP contribution in [0.15, 0.2) is 28.3 Å². The molecule has 102 valence electrons. The normalized spacial score (nSPS) is 10.7. The van der Waals surface area contributed by atoms with Gasteiger partial charge in [0.25, 0.3) is 0 Å². The summed E-state index contributed by atoms with van der Waals surface area (Å²) in [6, 6.07) is 5.72. The lowest BCUT2D eigenvalue weighted by Gasteiger charge is -2.08. The molecule has 0 aliphatic heterocycles.